The summed E-state index contributed by atoms with van der Waals surface area (Å²) in [5, 5.41) is 5.58. The predicted octanol–water partition coefficient (Wildman–Crippen LogP) is 5.34. The molecule has 36 heavy (non-hydrogen) atoms. The van der Waals surface area contributed by atoms with Crippen LogP contribution in [-0.2, 0) is 14.3 Å². The van der Waals surface area contributed by atoms with Gasteiger partial charge in [-0.2, -0.15) is 0 Å². The Balaban J connectivity index is 2.48. The van der Waals surface area contributed by atoms with E-state index in [9.17, 15) is 14.4 Å². The lowest BCUT2D eigenvalue weighted by Gasteiger charge is -2.32. The minimum atomic E-state index is -1.12. The highest BCUT2D eigenvalue weighted by molar-refractivity contribution is 6.00. The largest absolute Gasteiger partial charge is 0.444 e. The van der Waals surface area contributed by atoms with E-state index < -0.39 is 35.6 Å². The average Bonchev–Trinajstić information content (AvgIpc) is 2.81. The van der Waals surface area contributed by atoms with Crippen LogP contribution in [0.3, 0.4) is 0 Å². The first kappa shape index (κ1) is 28.4. The summed E-state index contributed by atoms with van der Waals surface area (Å²) in [4.78, 5) is 41.1. The molecule has 2 N–H and O–H groups in total. The number of anilines is 1. The molecule has 2 aromatic rings. The molecule has 0 spiro atoms. The maximum absolute atomic E-state index is 13.8. The summed E-state index contributed by atoms with van der Waals surface area (Å²) in [6.45, 7) is 12.8. The molecule has 0 saturated heterocycles. The molecule has 0 aromatic heterocycles. The fourth-order valence-corrected chi connectivity index (χ4v) is 3.61. The number of nitrogens with zero attached hydrogens (tertiary/aromatic N) is 1. The molecule has 192 valence electrons. The fraction of sp³-hybridized carbons (Fsp3) is 0.414. The average molecular weight is 492 g/mol. The number of amides is 3. The molecule has 2 rings (SSSR count). The summed E-state index contributed by atoms with van der Waals surface area (Å²) in [7, 11) is 0. The molecule has 0 saturated carbocycles. The van der Waals surface area contributed by atoms with Crippen LogP contribution < -0.4 is 10.6 Å². The van der Waals surface area contributed by atoms with Crippen LogP contribution in [0.25, 0.3) is 0 Å². The van der Waals surface area contributed by atoms with E-state index in [1.165, 1.54) is 0 Å². The highest BCUT2D eigenvalue weighted by Gasteiger charge is 2.38. The van der Waals surface area contributed by atoms with Crippen LogP contribution in [0.15, 0.2) is 48.5 Å². The third-order valence-corrected chi connectivity index (χ3v) is 5.83. The van der Waals surface area contributed by atoms with Crippen molar-refractivity contribution in [3.05, 3.63) is 65.2 Å². The number of alkyl carbamates (subject to hydrolysis) is 1. The first-order valence-corrected chi connectivity index (χ1v) is 12.1. The molecule has 7 nitrogen and oxygen atoms in total. The lowest BCUT2D eigenvalue weighted by Crippen LogP contribution is -2.53. The Morgan fingerprint density at radius 1 is 1.06 bits per heavy atom. The highest BCUT2D eigenvalue weighted by Crippen LogP contribution is 2.26. The van der Waals surface area contributed by atoms with E-state index in [4.69, 9.17) is 11.2 Å². The van der Waals surface area contributed by atoms with E-state index >= 15 is 0 Å². The van der Waals surface area contributed by atoms with Gasteiger partial charge in [-0.25, -0.2) is 4.79 Å². The van der Waals surface area contributed by atoms with Crippen molar-refractivity contribution >= 4 is 23.6 Å². The zero-order chi connectivity index (χ0) is 27.0. The number of terminal acetylenes is 1. The van der Waals surface area contributed by atoms with Crippen molar-refractivity contribution in [1.82, 2.24) is 10.2 Å². The van der Waals surface area contributed by atoms with Crippen molar-refractivity contribution in [1.29, 1.82) is 0 Å². The molecule has 3 unspecified atom stereocenters. The summed E-state index contributed by atoms with van der Waals surface area (Å²) >= 11 is 0. The van der Waals surface area contributed by atoms with Gasteiger partial charge in [-0.3, -0.25) is 14.5 Å². The van der Waals surface area contributed by atoms with Crippen molar-refractivity contribution in [3.8, 4) is 12.5 Å². The Hall–Kier alpha value is -3.79. The molecular weight excluding hydrogens is 454 g/mol. The molecular formula is C29H37N3O4. The van der Waals surface area contributed by atoms with Gasteiger partial charge in [0.05, 0.1) is 0 Å². The quantitative estimate of drug-likeness (QED) is 0.385. The molecule has 0 aliphatic carbocycles. The minimum Gasteiger partial charge on any atom is -0.444 e. The molecule has 0 radical (unpaired) electrons. The summed E-state index contributed by atoms with van der Waals surface area (Å²) in [5.74, 6) is -1.29. The van der Waals surface area contributed by atoms with Gasteiger partial charge in [0.2, 0.25) is 0 Å². The standard InChI is InChI=1S/C29H37N3O4/c1-9-20(4)24(31-28(35)36-29(6,7)8)27(34)32(10-2)25(22-17-15-19(3)16-18-22)26(33)30-23-14-12-11-13-21(23)5/h2,11-18,20,24-25H,9H2,1,3-8H3,(H,30,33)(H,31,35). The highest BCUT2D eigenvalue weighted by atomic mass is 16.6. The summed E-state index contributed by atoms with van der Waals surface area (Å²) in [6.07, 6.45) is 5.71. The molecule has 3 atom stereocenters. The first-order chi connectivity index (χ1) is 16.9. The predicted molar refractivity (Wildman–Crippen MR) is 142 cm³/mol. The molecule has 0 heterocycles. The number of para-hydroxylation sites is 1. The number of aryl methyl sites for hydroxylation is 2. The lowest BCUT2D eigenvalue weighted by atomic mass is 9.96. The molecule has 0 bridgehead atoms. The van der Waals surface area contributed by atoms with Gasteiger partial charge in [0.1, 0.15) is 17.7 Å². The van der Waals surface area contributed by atoms with Crippen molar-refractivity contribution < 1.29 is 19.1 Å². The third kappa shape index (κ3) is 7.61. The number of hydrogen-bond acceptors (Lipinski definition) is 4. The van der Waals surface area contributed by atoms with Crippen LogP contribution in [0.2, 0.25) is 0 Å². The second kappa shape index (κ2) is 12.3. The van der Waals surface area contributed by atoms with Gasteiger partial charge in [0, 0.05) is 11.7 Å². The van der Waals surface area contributed by atoms with Gasteiger partial charge in [-0.15, -0.1) is 0 Å². The van der Waals surface area contributed by atoms with Gasteiger partial charge < -0.3 is 15.4 Å². The SMILES string of the molecule is C#CN(C(=O)C(NC(=O)OC(C)(C)C)C(C)CC)C(C(=O)Nc1ccccc1C)c1ccc(C)cc1. The van der Waals surface area contributed by atoms with Crippen molar-refractivity contribution in [2.45, 2.75) is 72.6 Å². The number of nitrogens with one attached hydrogen (secondary N) is 2. The van der Waals surface area contributed by atoms with Gasteiger partial charge in [-0.05, 0) is 57.7 Å². The topological polar surface area (TPSA) is 87.7 Å². The van der Waals surface area contributed by atoms with Crippen molar-refractivity contribution in [2.75, 3.05) is 5.32 Å². The zero-order valence-corrected chi connectivity index (χ0v) is 22.2. The van der Waals surface area contributed by atoms with Crippen LogP contribution in [0.1, 0.15) is 63.8 Å². The number of carbonyl (C=O) groups is 3. The van der Waals surface area contributed by atoms with Gasteiger partial charge in [0.25, 0.3) is 11.8 Å². The van der Waals surface area contributed by atoms with Crippen LogP contribution in [0, 0.1) is 32.2 Å². The van der Waals surface area contributed by atoms with Crippen molar-refractivity contribution in [3.63, 3.8) is 0 Å². The van der Waals surface area contributed by atoms with Gasteiger partial charge >= 0.3 is 6.09 Å². The Kier molecular flexibility index (Phi) is 9.68. The van der Waals surface area contributed by atoms with E-state index in [0.717, 1.165) is 16.0 Å². The summed E-state index contributed by atoms with van der Waals surface area (Å²) < 4.78 is 5.37. The third-order valence-electron chi connectivity index (χ3n) is 5.83. The number of hydrogen-bond donors (Lipinski definition) is 2. The van der Waals surface area contributed by atoms with Crippen LogP contribution in [0.5, 0.6) is 0 Å². The normalized spacial score (nSPS) is 13.5. The maximum Gasteiger partial charge on any atom is 0.408 e. The molecule has 0 aliphatic rings. The summed E-state index contributed by atoms with van der Waals surface area (Å²) in [6, 6.07) is 14.9. The number of rotatable bonds is 8. The van der Waals surface area contributed by atoms with Crippen molar-refractivity contribution in [2.24, 2.45) is 5.92 Å². The Morgan fingerprint density at radius 2 is 1.67 bits per heavy atom. The van der Waals surface area contributed by atoms with Gasteiger partial charge in [-0.1, -0.05) is 74.7 Å². The second-order valence-corrected chi connectivity index (χ2v) is 9.96. The smallest absolute Gasteiger partial charge is 0.408 e. The van der Waals surface area contributed by atoms with Crippen LogP contribution >= 0.6 is 0 Å². The molecule has 3 amide bonds. The molecule has 0 fully saturated rings. The van der Waals surface area contributed by atoms with Crippen LogP contribution in [0.4, 0.5) is 10.5 Å². The lowest BCUT2D eigenvalue weighted by molar-refractivity contribution is -0.137. The Bertz CT molecular complexity index is 1110. The Morgan fingerprint density at radius 3 is 2.19 bits per heavy atom. The fourth-order valence-electron chi connectivity index (χ4n) is 3.61. The maximum atomic E-state index is 13.8. The van der Waals surface area contributed by atoms with Gasteiger partial charge in [0.15, 0.2) is 0 Å². The minimum absolute atomic E-state index is 0.265. The molecule has 7 heteroatoms. The summed E-state index contributed by atoms with van der Waals surface area (Å²) in [5.41, 5.74) is 2.31. The molecule has 0 aliphatic heterocycles. The van der Waals surface area contributed by atoms with E-state index in [1.54, 1.807) is 39.0 Å². The molecule has 2 aromatic carbocycles. The number of ether oxygens (including phenoxy) is 1. The van der Waals surface area contributed by atoms with E-state index in [-0.39, 0.29) is 5.92 Å². The Labute approximate surface area is 214 Å². The van der Waals surface area contributed by atoms with E-state index in [1.807, 2.05) is 58.0 Å². The van der Waals surface area contributed by atoms with E-state index in [2.05, 4.69) is 16.7 Å². The van der Waals surface area contributed by atoms with E-state index in [0.29, 0.717) is 17.7 Å². The number of carbonyl (C=O) groups excluding carboxylic acids is 3. The van der Waals surface area contributed by atoms with Crippen LogP contribution in [-0.4, -0.2) is 34.5 Å². The first-order valence-electron chi connectivity index (χ1n) is 12.1. The second-order valence-electron chi connectivity index (χ2n) is 9.96. The monoisotopic (exact) mass is 491 g/mol. The number of benzene rings is 2. The zero-order valence-electron chi connectivity index (χ0n) is 22.2.